The second-order valence-electron chi connectivity index (χ2n) is 5.54. The topological polar surface area (TPSA) is 43.6 Å². The first-order chi connectivity index (χ1) is 12.6. The molecule has 0 aliphatic carbocycles. The molecule has 0 unspecified atom stereocenters. The van der Waals surface area contributed by atoms with E-state index in [0.29, 0.717) is 27.1 Å². The van der Waals surface area contributed by atoms with Gasteiger partial charge in [-0.2, -0.15) is 26.3 Å². The first-order valence-electron chi connectivity index (χ1n) is 7.33. The molecule has 4 nitrogen and oxygen atoms in total. The molecule has 0 spiro atoms. The maximum Gasteiger partial charge on any atom is 0.416 e. The Morgan fingerprint density at radius 1 is 0.889 bits per heavy atom. The van der Waals surface area contributed by atoms with Crippen molar-refractivity contribution in [2.24, 2.45) is 0 Å². The summed E-state index contributed by atoms with van der Waals surface area (Å²) in [7, 11) is 0. The van der Waals surface area contributed by atoms with E-state index in [1.165, 1.54) is 17.1 Å². The molecule has 1 aromatic carbocycles. The Kier molecular flexibility index (Phi) is 5.14. The Balaban J connectivity index is 2.07. The van der Waals surface area contributed by atoms with Crippen LogP contribution in [0, 0.1) is 3.70 Å². The third-order valence-electron chi connectivity index (χ3n) is 3.63. The molecule has 0 aliphatic rings. The average molecular weight is 498 g/mol. The fourth-order valence-electron chi connectivity index (χ4n) is 2.46. The summed E-state index contributed by atoms with van der Waals surface area (Å²) in [6, 6.07) is 4.74. The Labute approximate surface area is 162 Å². The number of alkyl halides is 6. The van der Waals surface area contributed by atoms with Gasteiger partial charge in [0, 0.05) is 18.0 Å². The minimum Gasteiger partial charge on any atom is -0.265 e. The summed E-state index contributed by atoms with van der Waals surface area (Å²) in [5, 5.41) is 7.71. The van der Waals surface area contributed by atoms with Gasteiger partial charge in [0.05, 0.1) is 17.7 Å². The van der Waals surface area contributed by atoms with Gasteiger partial charge in [-0.3, -0.25) is 4.98 Å². The van der Waals surface area contributed by atoms with E-state index in [1.807, 2.05) is 22.6 Å². The molecule has 0 N–H and O–H groups in total. The van der Waals surface area contributed by atoms with Gasteiger partial charge in [0.15, 0.2) is 3.70 Å². The summed E-state index contributed by atoms with van der Waals surface area (Å²) >= 11 is 1.89. The number of aromatic nitrogens is 4. The summed E-state index contributed by atoms with van der Waals surface area (Å²) in [4.78, 5) is 3.87. The van der Waals surface area contributed by atoms with Gasteiger partial charge in [-0.05, 0) is 58.5 Å². The van der Waals surface area contributed by atoms with Crippen LogP contribution in [0.3, 0.4) is 0 Å². The molecule has 2 aromatic heterocycles. The van der Waals surface area contributed by atoms with E-state index in [0.717, 1.165) is 0 Å². The van der Waals surface area contributed by atoms with Crippen molar-refractivity contribution in [3.05, 3.63) is 63.1 Å². The van der Waals surface area contributed by atoms with Gasteiger partial charge in [0.1, 0.15) is 5.69 Å². The van der Waals surface area contributed by atoms with Crippen molar-refractivity contribution in [3.63, 3.8) is 0 Å². The normalized spacial score (nSPS) is 12.4. The molecule has 0 saturated heterocycles. The summed E-state index contributed by atoms with van der Waals surface area (Å²) in [5.41, 5.74) is -1.81. The maximum atomic E-state index is 13.0. The molecule has 3 aromatic rings. The molecule has 0 atom stereocenters. The zero-order valence-corrected chi connectivity index (χ0v) is 15.3. The number of hydrogen-bond acceptors (Lipinski definition) is 3. The first kappa shape index (κ1) is 19.6. The predicted molar refractivity (Wildman–Crippen MR) is 91.5 cm³/mol. The Morgan fingerprint density at radius 2 is 1.44 bits per heavy atom. The van der Waals surface area contributed by atoms with Crippen LogP contribution >= 0.6 is 22.6 Å². The first-order valence-corrected chi connectivity index (χ1v) is 8.41. The summed E-state index contributed by atoms with van der Waals surface area (Å²) < 4.78 is 79.8. The highest BCUT2D eigenvalue weighted by atomic mass is 127. The monoisotopic (exact) mass is 498 g/mol. The number of hydrogen-bond donors (Lipinski definition) is 0. The molecule has 0 aliphatic heterocycles. The Bertz CT molecular complexity index is 918. The highest BCUT2D eigenvalue weighted by Crippen LogP contribution is 2.36. The molecular weight excluding hydrogens is 489 g/mol. The highest BCUT2D eigenvalue weighted by Gasteiger charge is 2.37. The molecule has 11 heteroatoms. The maximum absolute atomic E-state index is 13.0. The fraction of sp³-hybridized carbons (Fsp3) is 0.188. The van der Waals surface area contributed by atoms with E-state index in [2.05, 4.69) is 15.3 Å². The van der Waals surface area contributed by atoms with Crippen LogP contribution in [0.2, 0.25) is 0 Å². The van der Waals surface area contributed by atoms with E-state index in [9.17, 15) is 26.3 Å². The predicted octanol–water partition coefficient (Wildman–Crippen LogP) is 5.03. The van der Waals surface area contributed by atoms with Crippen molar-refractivity contribution in [2.75, 3.05) is 0 Å². The van der Waals surface area contributed by atoms with Crippen LogP contribution < -0.4 is 0 Å². The quantitative estimate of drug-likeness (QED) is 0.376. The van der Waals surface area contributed by atoms with Crippen LogP contribution in [0.1, 0.15) is 16.7 Å². The molecule has 27 heavy (non-hydrogen) atoms. The largest absolute Gasteiger partial charge is 0.416 e. The van der Waals surface area contributed by atoms with Crippen molar-refractivity contribution in [2.45, 2.75) is 18.9 Å². The van der Waals surface area contributed by atoms with Gasteiger partial charge in [-0.15, -0.1) is 5.10 Å². The van der Waals surface area contributed by atoms with Gasteiger partial charge in [0.2, 0.25) is 0 Å². The standard InChI is InChI=1S/C16H9F6IN4/c17-15(18,19)11-5-9(6-12(7-11)16(20,21)22)8-27-13(14(23)25-26-27)10-1-3-24-4-2-10/h1-7H,8H2. The molecule has 0 bridgehead atoms. The van der Waals surface area contributed by atoms with Gasteiger partial charge < -0.3 is 0 Å². The SMILES string of the molecule is FC(F)(F)c1cc(Cn2nnc(I)c2-c2ccncc2)cc(C(F)(F)F)c1. The summed E-state index contributed by atoms with van der Waals surface area (Å²) in [6.07, 6.45) is -6.79. The lowest BCUT2D eigenvalue weighted by Crippen LogP contribution is -2.13. The van der Waals surface area contributed by atoms with Gasteiger partial charge in [-0.25, -0.2) is 4.68 Å². The second kappa shape index (κ2) is 7.09. The zero-order valence-electron chi connectivity index (χ0n) is 13.2. The minimum atomic E-state index is -4.90. The highest BCUT2D eigenvalue weighted by molar-refractivity contribution is 14.1. The number of rotatable bonds is 3. The van der Waals surface area contributed by atoms with Gasteiger partial charge in [0.25, 0.3) is 0 Å². The summed E-state index contributed by atoms with van der Waals surface area (Å²) in [5.74, 6) is 0. The van der Waals surface area contributed by atoms with E-state index in [4.69, 9.17) is 0 Å². The molecular formula is C16H9F6IN4. The lowest BCUT2D eigenvalue weighted by molar-refractivity contribution is -0.143. The molecule has 0 saturated carbocycles. The van der Waals surface area contributed by atoms with E-state index >= 15 is 0 Å². The molecule has 3 rings (SSSR count). The lowest BCUT2D eigenvalue weighted by Gasteiger charge is -2.15. The summed E-state index contributed by atoms with van der Waals surface area (Å²) in [6.45, 7) is -0.305. The van der Waals surface area contributed by atoms with Crippen molar-refractivity contribution in [3.8, 4) is 11.3 Å². The average Bonchev–Trinajstić information content (AvgIpc) is 2.94. The third-order valence-corrected chi connectivity index (χ3v) is 4.35. The van der Waals surface area contributed by atoms with Crippen LogP contribution in [-0.2, 0) is 18.9 Å². The number of nitrogens with zero attached hydrogens (tertiary/aromatic N) is 4. The van der Waals surface area contributed by atoms with E-state index < -0.39 is 23.5 Å². The number of halogens is 7. The second-order valence-corrected chi connectivity index (χ2v) is 6.56. The van der Waals surface area contributed by atoms with Gasteiger partial charge >= 0.3 is 12.4 Å². The lowest BCUT2D eigenvalue weighted by atomic mass is 10.0. The van der Waals surface area contributed by atoms with Crippen molar-refractivity contribution in [1.82, 2.24) is 20.0 Å². The minimum absolute atomic E-state index is 0.0956. The third kappa shape index (κ3) is 4.39. The zero-order chi connectivity index (χ0) is 19.8. The van der Waals surface area contributed by atoms with E-state index in [1.54, 1.807) is 12.1 Å². The van der Waals surface area contributed by atoms with Crippen LogP contribution in [0.5, 0.6) is 0 Å². The Morgan fingerprint density at radius 3 is 1.96 bits per heavy atom. The Hall–Kier alpha value is -2.18. The number of pyridine rings is 1. The van der Waals surface area contributed by atoms with Crippen molar-refractivity contribution >= 4 is 22.6 Å². The molecule has 142 valence electrons. The molecule has 0 amide bonds. The van der Waals surface area contributed by atoms with Crippen LogP contribution in [0.25, 0.3) is 11.3 Å². The van der Waals surface area contributed by atoms with Gasteiger partial charge in [-0.1, -0.05) is 5.21 Å². The van der Waals surface area contributed by atoms with Crippen molar-refractivity contribution < 1.29 is 26.3 Å². The molecule has 2 heterocycles. The van der Waals surface area contributed by atoms with Crippen molar-refractivity contribution in [1.29, 1.82) is 0 Å². The van der Waals surface area contributed by atoms with E-state index in [-0.39, 0.29) is 18.2 Å². The molecule has 0 fully saturated rings. The van der Waals surface area contributed by atoms with Crippen LogP contribution in [0.15, 0.2) is 42.7 Å². The number of benzene rings is 1. The van der Waals surface area contributed by atoms with Crippen LogP contribution in [-0.4, -0.2) is 20.0 Å². The van der Waals surface area contributed by atoms with Crippen LogP contribution in [0.4, 0.5) is 26.3 Å². The molecule has 0 radical (unpaired) electrons. The smallest absolute Gasteiger partial charge is 0.265 e. The fourth-order valence-corrected chi connectivity index (χ4v) is 3.15.